The lowest BCUT2D eigenvalue weighted by molar-refractivity contribution is 0.189. The number of aromatic nitrogens is 1. The van der Waals surface area contributed by atoms with Crippen molar-refractivity contribution in [3.8, 4) is 0 Å². The first kappa shape index (κ1) is 13.6. The molecule has 1 saturated heterocycles. The average molecular weight is 304 g/mol. The lowest BCUT2D eigenvalue weighted by atomic mass is 10.0. The van der Waals surface area contributed by atoms with E-state index in [9.17, 15) is 0 Å². The lowest BCUT2D eigenvalue weighted by Crippen LogP contribution is -2.43. The fourth-order valence-corrected chi connectivity index (χ4v) is 3.64. The smallest absolute Gasteiger partial charge is 0.0472 e. The molecule has 0 spiro atoms. The van der Waals surface area contributed by atoms with Crippen molar-refractivity contribution in [1.82, 2.24) is 15.2 Å². The van der Waals surface area contributed by atoms with Gasteiger partial charge in [0, 0.05) is 40.8 Å². The minimum atomic E-state index is 0.664. The van der Waals surface area contributed by atoms with Crippen LogP contribution < -0.4 is 5.32 Å². The molecule has 1 aliphatic carbocycles. The van der Waals surface area contributed by atoms with Gasteiger partial charge in [0.05, 0.1) is 0 Å². The van der Waals surface area contributed by atoms with Gasteiger partial charge in [0.1, 0.15) is 0 Å². The van der Waals surface area contributed by atoms with E-state index in [1.807, 2.05) is 12.1 Å². The topological polar surface area (TPSA) is 31.1 Å². The number of hydrogen-bond donors (Lipinski definition) is 2. The van der Waals surface area contributed by atoms with Crippen molar-refractivity contribution in [3.05, 3.63) is 35.0 Å². The summed E-state index contributed by atoms with van der Waals surface area (Å²) in [5.74, 6) is 0. The Balaban J connectivity index is 1.35. The van der Waals surface area contributed by atoms with Crippen LogP contribution >= 0.6 is 11.6 Å². The highest BCUT2D eigenvalue weighted by Gasteiger charge is 2.31. The molecule has 2 N–H and O–H groups in total. The maximum Gasteiger partial charge on any atom is 0.0472 e. The molecular weight excluding hydrogens is 282 g/mol. The van der Waals surface area contributed by atoms with Gasteiger partial charge in [0.2, 0.25) is 0 Å². The Kier molecular flexibility index (Phi) is 3.66. The van der Waals surface area contributed by atoms with Gasteiger partial charge in [-0.3, -0.25) is 0 Å². The summed E-state index contributed by atoms with van der Waals surface area (Å²) in [6.07, 6.45) is 7.52. The first-order chi connectivity index (χ1) is 10.3. The quantitative estimate of drug-likeness (QED) is 0.905. The fraction of sp³-hybridized carbons (Fsp3) is 0.529. The van der Waals surface area contributed by atoms with E-state index in [1.54, 1.807) is 0 Å². The molecule has 4 heteroatoms. The van der Waals surface area contributed by atoms with Crippen molar-refractivity contribution in [2.24, 2.45) is 0 Å². The van der Waals surface area contributed by atoms with E-state index in [1.165, 1.54) is 49.7 Å². The predicted molar refractivity (Wildman–Crippen MR) is 87.8 cm³/mol. The second kappa shape index (κ2) is 5.64. The van der Waals surface area contributed by atoms with Crippen LogP contribution in [0.4, 0.5) is 0 Å². The molecule has 1 saturated carbocycles. The Hall–Kier alpha value is -1.03. The van der Waals surface area contributed by atoms with Gasteiger partial charge in [-0.2, -0.15) is 0 Å². The number of hydrogen-bond acceptors (Lipinski definition) is 2. The number of halogens is 1. The summed E-state index contributed by atoms with van der Waals surface area (Å²) >= 11 is 6.03. The van der Waals surface area contributed by atoms with Gasteiger partial charge in [-0.15, -0.1) is 0 Å². The summed E-state index contributed by atoms with van der Waals surface area (Å²) in [7, 11) is 0. The molecule has 112 valence electrons. The highest BCUT2D eigenvalue weighted by molar-refractivity contribution is 6.31. The Morgan fingerprint density at radius 2 is 2.00 bits per heavy atom. The van der Waals surface area contributed by atoms with E-state index in [-0.39, 0.29) is 0 Å². The maximum atomic E-state index is 6.03. The number of likely N-dealkylation sites (tertiary alicyclic amines) is 1. The molecule has 2 aliphatic rings. The second-order valence-corrected chi connectivity index (χ2v) is 6.86. The first-order valence-electron chi connectivity index (χ1n) is 8.02. The highest BCUT2D eigenvalue weighted by atomic mass is 35.5. The van der Waals surface area contributed by atoms with Gasteiger partial charge in [-0.25, -0.2) is 0 Å². The molecule has 1 aromatic carbocycles. The van der Waals surface area contributed by atoms with E-state index in [0.29, 0.717) is 6.04 Å². The van der Waals surface area contributed by atoms with Crippen LogP contribution in [-0.2, 0) is 6.54 Å². The summed E-state index contributed by atoms with van der Waals surface area (Å²) in [4.78, 5) is 5.99. The number of nitrogens with zero attached hydrogens (tertiary/aromatic N) is 1. The summed E-state index contributed by atoms with van der Waals surface area (Å²) < 4.78 is 0. The molecule has 1 aromatic heterocycles. The molecule has 0 unspecified atom stereocenters. The average Bonchev–Trinajstić information content (AvgIpc) is 3.27. The van der Waals surface area contributed by atoms with Crippen molar-refractivity contribution in [1.29, 1.82) is 0 Å². The number of fused-ring (bicyclic) bond motifs is 1. The van der Waals surface area contributed by atoms with Crippen LogP contribution in [0.2, 0.25) is 5.02 Å². The third-order valence-electron chi connectivity index (χ3n) is 4.90. The Morgan fingerprint density at radius 1 is 1.19 bits per heavy atom. The zero-order chi connectivity index (χ0) is 14.2. The monoisotopic (exact) mass is 303 g/mol. The normalized spacial score (nSPS) is 21.2. The van der Waals surface area contributed by atoms with E-state index < -0.39 is 0 Å². The predicted octanol–water partition coefficient (Wildman–Crippen LogP) is 3.54. The second-order valence-electron chi connectivity index (χ2n) is 6.43. The van der Waals surface area contributed by atoms with E-state index in [2.05, 4.69) is 27.5 Å². The Bertz CT molecular complexity index is 624. The van der Waals surface area contributed by atoms with E-state index >= 15 is 0 Å². The molecule has 0 bridgehead atoms. The maximum absolute atomic E-state index is 6.03. The van der Waals surface area contributed by atoms with Gasteiger partial charge < -0.3 is 15.2 Å². The Labute approximate surface area is 130 Å². The molecule has 0 atom stereocenters. The van der Waals surface area contributed by atoms with Crippen LogP contribution in [0.5, 0.6) is 0 Å². The molecule has 1 aliphatic heterocycles. The van der Waals surface area contributed by atoms with E-state index in [0.717, 1.165) is 23.1 Å². The van der Waals surface area contributed by atoms with Crippen molar-refractivity contribution >= 4 is 22.5 Å². The first-order valence-corrected chi connectivity index (χ1v) is 8.40. The highest BCUT2D eigenvalue weighted by Crippen LogP contribution is 2.29. The molecule has 2 aromatic rings. The van der Waals surface area contributed by atoms with Crippen LogP contribution in [0.1, 0.15) is 31.2 Å². The molecule has 2 heterocycles. The standard InChI is InChI=1S/C17H22ClN3/c18-13-1-4-16-12(11-20-17(16)9-13)10-19-14-5-7-21(8-6-14)15-2-3-15/h1,4,9,11,14-15,19-20H,2-3,5-8,10H2. The van der Waals surface area contributed by atoms with Crippen molar-refractivity contribution in [2.45, 2.75) is 44.3 Å². The number of benzene rings is 1. The molecule has 0 radical (unpaired) electrons. The number of H-pyrrole nitrogens is 1. The van der Waals surface area contributed by atoms with E-state index in [4.69, 9.17) is 11.6 Å². The molecule has 0 amide bonds. The van der Waals surface area contributed by atoms with Gasteiger partial charge >= 0.3 is 0 Å². The lowest BCUT2D eigenvalue weighted by Gasteiger charge is -2.32. The van der Waals surface area contributed by atoms with Gasteiger partial charge in [0.15, 0.2) is 0 Å². The summed E-state index contributed by atoms with van der Waals surface area (Å²) in [5, 5.41) is 5.80. The van der Waals surface area contributed by atoms with Crippen LogP contribution in [0.15, 0.2) is 24.4 Å². The third kappa shape index (κ3) is 2.96. The number of rotatable bonds is 4. The van der Waals surface area contributed by atoms with Crippen molar-refractivity contribution in [2.75, 3.05) is 13.1 Å². The number of aromatic amines is 1. The van der Waals surface area contributed by atoms with Gasteiger partial charge in [-0.05, 0) is 56.5 Å². The minimum Gasteiger partial charge on any atom is -0.361 e. The molecule has 2 fully saturated rings. The van der Waals surface area contributed by atoms with Crippen LogP contribution in [0, 0.1) is 0 Å². The van der Waals surface area contributed by atoms with Crippen molar-refractivity contribution in [3.63, 3.8) is 0 Å². The minimum absolute atomic E-state index is 0.664. The summed E-state index contributed by atoms with van der Waals surface area (Å²) in [5.41, 5.74) is 2.47. The summed E-state index contributed by atoms with van der Waals surface area (Å²) in [6, 6.07) is 7.66. The largest absolute Gasteiger partial charge is 0.361 e. The summed E-state index contributed by atoms with van der Waals surface area (Å²) in [6.45, 7) is 3.48. The van der Waals surface area contributed by atoms with Crippen LogP contribution in [0.25, 0.3) is 10.9 Å². The van der Waals surface area contributed by atoms with Gasteiger partial charge in [-0.1, -0.05) is 17.7 Å². The zero-order valence-corrected chi connectivity index (χ0v) is 13.0. The van der Waals surface area contributed by atoms with Crippen LogP contribution in [-0.4, -0.2) is 35.1 Å². The molecule has 21 heavy (non-hydrogen) atoms. The number of piperidine rings is 1. The fourth-order valence-electron chi connectivity index (χ4n) is 3.47. The third-order valence-corrected chi connectivity index (χ3v) is 5.14. The zero-order valence-electron chi connectivity index (χ0n) is 12.2. The SMILES string of the molecule is Clc1ccc2c(CNC3CCN(C4CC4)CC3)c[nH]c2c1. The molecular formula is C17H22ClN3. The van der Waals surface area contributed by atoms with Crippen LogP contribution in [0.3, 0.4) is 0 Å². The Morgan fingerprint density at radius 3 is 2.76 bits per heavy atom. The molecule has 4 rings (SSSR count). The van der Waals surface area contributed by atoms with Crippen molar-refractivity contribution < 1.29 is 0 Å². The number of nitrogens with one attached hydrogen (secondary N) is 2. The van der Waals surface area contributed by atoms with Gasteiger partial charge in [0.25, 0.3) is 0 Å². The molecule has 3 nitrogen and oxygen atoms in total.